The summed E-state index contributed by atoms with van der Waals surface area (Å²) >= 11 is 0. The number of pyridine rings is 1. The molecule has 41 heavy (non-hydrogen) atoms. The monoisotopic (exact) mass is 563 g/mol. The van der Waals surface area contributed by atoms with Crippen molar-refractivity contribution in [1.82, 2.24) is 14.8 Å². The summed E-state index contributed by atoms with van der Waals surface area (Å²) in [5, 5.41) is 2.73. The molecular weight excluding hydrogens is 535 g/mol. The zero-order valence-electron chi connectivity index (χ0n) is 22.7. The van der Waals surface area contributed by atoms with Crippen LogP contribution in [0.2, 0.25) is 0 Å². The van der Waals surface area contributed by atoms with Crippen LogP contribution in [0.25, 0.3) is 15.7 Å². The normalized spacial score (nSPS) is 20.7. The second-order valence-electron chi connectivity index (χ2n) is 11.0. The largest absolute Gasteiger partial charge is 0.417 e. The van der Waals surface area contributed by atoms with E-state index in [1.54, 1.807) is 12.1 Å². The SMILES string of the molecule is [C-]#[N+][C@@H]1C[C@@]2(CN1C(=O)[C@H](CC(C)C)N(C)C(=O)c1ccc3c(C(F)(F)F)ccnc3c1)C(=O)Nc1ccccc12. The average Bonchev–Trinajstić information content (AvgIpc) is 3.47. The van der Waals surface area contributed by atoms with Crippen LogP contribution in [0.15, 0.2) is 54.7 Å². The zero-order chi connectivity index (χ0) is 29.7. The van der Waals surface area contributed by atoms with Gasteiger partial charge in [0.1, 0.15) is 11.5 Å². The Morgan fingerprint density at radius 1 is 1.22 bits per heavy atom. The number of likely N-dealkylation sites (N-methyl/N-ethyl adjacent to an activating group) is 1. The van der Waals surface area contributed by atoms with E-state index in [1.807, 2.05) is 26.0 Å². The highest BCUT2D eigenvalue weighted by atomic mass is 19.4. The Labute approximate surface area is 235 Å². The number of nitrogens with one attached hydrogen (secondary N) is 1. The van der Waals surface area contributed by atoms with Crippen molar-refractivity contribution in [2.75, 3.05) is 18.9 Å². The smallest absolute Gasteiger partial charge is 0.330 e. The summed E-state index contributed by atoms with van der Waals surface area (Å²) in [6, 6.07) is 10.9. The first-order valence-electron chi connectivity index (χ1n) is 13.2. The number of carbonyl (C=O) groups is 3. The number of amides is 3. The second kappa shape index (κ2) is 10.2. The molecule has 1 spiro atoms. The number of halogens is 3. The molecule has 3 amide bonds. The molecule has 3 atom stereocenters. The van der Waals surface area contributed by atoms with Crippen molar-refractivity contribution >= 4 is 34.3 Å². The molecule has 8 nitrogen and oxygen atoms in total. The lowest BCUT2D eigenvalue weighted by atomic mass is 9.80. The number of nitrogens with zero attached hydrogens (tertiary/aromatic N) is 4. The molecule has 3 heterocycles. The predicted molar refractivity (Wildman–Crippen MR) is 146 cm³/mol. The third kappa shape index (κ3) is 4.77. The fraction of sp³-hybridized carbons (Fsp3) is 0.367. The maximum atomic E-state index is 14.1. The molecule has 2 aliphatic rings. The molecule has 2 aromatic carbocycles. The molecule has 0 radical (unpaired) electrons. The Morgan fingerprint density at radius 3 is 2.63 bits per heavy atom. The van der Waals surface area contributed by atoms with Gasteiger partial charge in [0.05, 0.1) is 17.5 Å². The summed E-state index contributed by atoms with van der Waals surface area (Å²) < 4.78 is 40.4. The van der Waals surface area contributed by atoms with Crippen molar-refractivity contribution in [2.24, 2.45) is 5.92 Å². The number of hydrogen-bond donors (Lipinski definition) is 1. The molecule has 2 aliphatic heterocycles. The number of benzene rings is 2. The number of aromatic nitrogens is 1. The number of carbonyl (C=O) groups excluding carboxylic acids is 3. The Bertz CT molecular complexity index is 1600. The van der Waals surface area contributed by atoms with Crippen molar-refractivity contribution < 1.29 is 27.6 Å². The fourth-order valence-corrected chi connectivity index (χ4v) is 5.89. The highest BCUT2D eigenvalue weighted by Gasteiger charge is 2.59. The van der Waals surface area contributed by atoms with Crippen LogP contribution in [0, 0.1) is 12.5 Å². The van der Waals surface area contributed by atoms with Gasteiger partial charge in [-0.3, -0.25) is 29.1 Å². The van der Waals surface area contributed by atoms with Crippen molar-refractivity contribution in [2.45, 2.75) is 50.5 Å². The third-order valence-corrected chi connectivity index (χ3v) is 7.95. The first-order chi connectivity index (χ1) is 19.4. The molecule has 1 saturated heterocycles. The second-order valence-corrected chi connectivity index (χ2v) is 11.0. The number of likely N-dealkylation sites (tertiary alicyclic amines) is 1. The van der Waals surface area contributed by atoms with Crippen LogP contribution in [0.4, 0.5) is 18.9 Å². The maximum Gasteiger partial charge on any atom is 0.417 e. The molecule has 1 N–H and O–H groups in total. The van der Waals surface area contributed by atoms with Gasteiger partial charge in [0.15, 0.2) is 0 Å². The van der Waals surface area contributed by atoms with Crippen LogP contribution >= 0.6 is 0 Å². The Morgan fingerprint density at radius 2 is 1.95 bits per heavy atom. The lowest BCUT2D eigenvalue weighted by Gasteiger charge is -2.32. The summed E-state index contributed by atoms with van der Waals surface area (Å²) in [4.78, 5) is 51.2. The van der Waals surface area contributed by atoms with E-state index in [4.69, 9.17) is 6.57 Å². The number of alkyl halides is 3. The third-order valence-electron chi connectivity index (χ3n) is 7.95. The predicted octanol–water partition coefficient (Wildman–Crippen LogP) is 5.11. The molecule has 11 heteroatoms. The van der Waals surface area contributed by atoms with Crippen LogP contribution < -0.4 is 5.32 Å². The van der Waals surface area contributed by atoms with Crippen LogP contribution in [-0.4, -0.2) is 58.3 Å². The lowest BCUT2D eigenvalue weighted by Crippen LogP contribution is -2.51. The summed E-state index contributed by atoms with van der Waals surface area (Å²) in [6.45, 7) is 11.6. The summed E-state index contributed by atoms with van der Waals surface area (Å²) in [6.07, 6.45) is -4.03. The van der Waals surface area contributed by atoms with Crippen LogP contribution in [0.3, 0.4) is 0 Å². The number of para-hydroxylation sites is 1. The summed E-state index contributed by atoms with van der Waals surface area (Å²) in [5.41, 5.74) is -0.440. The number of fused-ring (bicyclic) bond motifs is 3. The summed E-state index contributed by atoms with van der Waals surface area (Å²) in [5.74, 6) is -1.30. The molecule has 5 rings (SSSR count). The molecule has 1 fully saturated rings. The van der Waals surface area contributed by atoms with E-state index in [0.717, 1.165) is 17.8 Å². The highest BCUT2D eigenvalue weighted by molar-refractivity contribution is 6.07. The van der Waals surface area contributed by atoms with E-state index in [0.29, 0.717) is 5.69 Å². The van der Waals surface area contributed by atoms with E-state index in [2.05, 4.69) is 15.1 Å². The molecule has 0 unspecified atom stereocenters. The van der Waals surface area contributed by atoms with Gasteiger partial charge in [-0.25, -0.2) is 6.57 Å². The molecule has 3 aromatic rings. The van der Waals surface area contributed by atoms with Gasteiger partial charge in [0.2, 0.25) is 5.91 Å². The van der Waals surface area contributed by atoms with Gasteiger partial charge < -0.3 is 10.2 Å². The van der Waals surface area contributed by atoms with Gasteiger partial charge in [-0.2, -0.15) is 13.2 Å². The standard InChI is InChI=1S/C30H28F3N5O3/c1-17(2)13-24(37(4)26(39)18-9-10-19-20(30(31,32)33)11-12-35-23(19)14-18)27(40)38-16-29(15-25(38)34-3)21-7-5-6-8-22(21)36-28(29)41/h5-12,14,17,24-25H,13,15-16H2,1-2,4H3,(H,36,41)/t24-,25-,29-/m0/s1. The molecule has 0 saturated carbocycles. The van der Waals surface area contributed by atoms with E-state index in [9.17, 15) is 27.6 Å². The molecule has 1 aromatic heterocycles. The van der Waals surface area contributed by atoms with Crippen molar-refractivity contribution in [3.63, 3.8) is 0 Å². The van der Waals surface area contributed by atoms with Crippen molar-refractivity contribution in [1.29, 1.82) is 0 Å². The minimum Gasteiger partial charge on any atom is -0.330 e. The van der Waals surface area contributed by atoms with E-state index in [1.165, 1.54) is 35.0 Å². The van der Waals surface area contributed by atoms with E-state index >= 15 is 0 Å². The average molecular weight is 564 g/mol. The van der Waals surface area contributed by atoms with E-state index in [-0.39, 0.29) is 47.7 Å². The fourth-order valence-electron chi connectivity index (χ4n) is 5.89. The highest BCUT2D eigenvalue weighted by Crippen LogP contribution is 2.47. The van der Waals surface area contributed by atoms with Crippen molar-refractivity contribution in [3.05, 3.63) is 82.8 Å². The Kier molecular flexibility index (Phi) is 6.97. The first kappa shape index (κ1) is 28.1. The number of rotatable bonds is 5. The number of hydrogen-bond acceptors (Lipinski definition) is 4. The van der Waals surface area contributed by atoms with Gasteiger partial charge in [-0.1, -0.05) is 38.1 Å². The quantitative estimate of drug-likeness (QED) is 0.438. The van der Waals surface area contributed by atoms with Crippen LogP contribution in [0.1, 0.15) is 48.2 Å². The van der Waals surface area contributed by atoms with Gasteiger partial charge in [-0.15, -0.1) is 0 Å². The first-order valence-corrected chi connectivity index (χ1v) is 13.2. The summed E-state index contributed by atoms with van der Waals surface area (Å²) in [7, 11) is 1.47. The van der Waals surface area contributed by atoms with Crippen LogP contribution in [0.5, 0.6) is 0 Å². The van der Waals surface area contributed by atoms with Gasteiger partial charge in [0.25, 0.3) is 11.8 Å². The molecule has 0 bridgehead atoms. The van der Waals surface area contributed by atoms with Crippen LogP contribution in [-0.2, 0) is 21.2 Å². The lowest BCUT2D eigenvalue weighted by molar-refractivity contribution is -0.137. The van der Waals surface area contributed by atoms with Crippen molar-refractivity contribution in [3.8, 4) is 0 Å². The minimum absolute atomic E-state index is 0.00152. The molecular formula is C30H28F3N5O3. The minimum atomic E-state index is -4.58. The van der Waals surface area contributed by atoms with E-state index < -0.39 is 41.2 Å². The number of anilines is 1. The Hall–Kier alpha value is -4.46. The molecule has 212 valence electrons. The molecule has 0 aliphatic carbocycles. The zero-order valence-corrected chi connectivity index (χ0v) is 22.7. The van der Waals surface area contributed by atoms with Gasteiger partial charge >= 0.3 is 12.3 Å². The Balaban J connectivity index is 1.46. The topological polar surface area (TPSA) is 87.0 Å². The van der Waals surface area contributed by atoms with Gasteiger partial charge in [0, 0.05) is 36.4 Å². The maximum absolute atomic E-state index is 14.1. The van der Waals surface area contributed by atoms with Gasteiger partial charge in [-0.05, 0) is 42.2 Å².